The Morgan fingerprint density at radius 3 is 3.00 bits per heavy atom. The summed E-state index contributed by atoms with van der Waals surface area (Å²) in [5.74, 6) is -0.735. The molecular formula is C12H13BrFNO2. The van der Waals surface area contributed by atoms with E-state index in [1.807, 2.05) is 6.92 Å². The van der Waals surface area contributed by atoms with Crippen LogP contribution in [0.2, 0.25) is 0 Å². The molecule has 1 N–H and O–H groups in total. The van der Waals surface area contributed by atoms with Crippen molar-refractivity contribution in [1.29, 1.82) is 0 Å². The smallest absolute Gasteiger partial charge is 0.253 e. The Labute approximate surface area is 107 Å². The first-order valence-electron chi connectivity index (χ1n) is 5.46. The molecular weight excluding hydrogens is 289 g/mol. The third-order valence-corrected chi connectivity index (χ3v) is 3.78. The predicted octanol–water partition coefficient (Wildman–Crippen LogP) is 3.01. The fourth-order valence-electron chi connectivity index (χ4n) is 1.76. The minimum absolute atomic E-state index is 0.186. The average molecular weight is 302 g/mol. The van der Waals surface area contributed by atoms with Gasteiger partial charge in [-0.25, -0.2) is 4.39 Å². The van der Waals surface area contributed by atoms with Gasteiger partial charge in [-0.3, -0.25) is 4.79 Å². The monoisotopic (exact) mass is 301 g/mol. The van der Waals surface area contributed by atoms with Crippen molar-refractivity contribution in [2.45, 2.75) is 25.9 Å². The molecule has 0 aromatic heterocycles. The molecule has 3 nitrogen and oxygen atoms in total. The highest BCUT2D eigenvalue weighted by Gasteiger charge is 2.25. The van der Waals surface area contributed by atoms with Crippen molar-refractivity contribution in [2.75, 3.05) is 11.9 Å². The zero-order valence-corrected chi connectivity index (χ0v) is 11.0. The quantitative estimate of drug-likeness (QED) is 0.912. The van der Waals surface area contributed by atoms with Crippen molar-refractivity contribution >= 4 is 27.5 Å². The summed E-state index contributed by atoms with van der Waals surface area (Å²) in [5.41, 5.74) is 1.06. The lowest BCUT2D eigenvalue weighted by molar-refractivity contribution is -0.124. The number of hydrogen-bond acceptors (Lipinski definition) is 2. The maximum absolute atomic E-state index is 13.6. The lowest BCUT2D eigenvalue weighted by Crippen LogP contribution is -2.27. The average Bonchev–Trinajstić information content (AvgIpc) is 2.83. The van der Waals surface area contributed by atoms with Crippen LogP contribution >= 0.6 is 15.9 Å². The Morgan fingerprint density at radius 1 is 1.59 bits per heavy atom. The molecule has 1 saturated heterocycles. The molecule has 1 heterocycles. The second-order valence-electron chi connectivity index (χ2n) is 4.04. The van der Waals surface area contributed by atoms with Crippen LogP contribution in [0.4, 0.5) is 10.1 Å². The van der Waals surface area contributed by atoms with Gasteiger partial charge in [0, 0.05) is 11.1 Å². The number of amides is 1. The van der Waals surface area contributed by atoms with Gasteiger partial charge in [-0.05, 0) is 47.3 Å². The molecule has 1 amide bonds. The van der Waals surface area contributed by atoms with E-state index in [2.05, 4.69) is 21.2 Å². The minimum Gasteiger partial charge on any atom is -0.368 e. The molecule has 1 unspecified atom stereocenters. The molecule has 17 heavy (non-hydrogen) atoms. The Morgan fingerprint density at radius 2 is 2.35 bits per heavy atom. The van der Waals surface area contributed by atoms with Gasteiger partial charge in [0.1, 0.15) is 11.9 Å². The van der Waals surface area contributed by atoms with Crippen LogP contribution in [0.5, 0.6) is 0 Å². The van der Waals surface area contributed by atoms with E-state index in [-0.39, 0.29) is 11.6 Å². The molecule has 1 fully saturated rings. The van der Waals surface area contributed by atoms with E-state index in [0.717, 1.165) is 12.0 Å². The topological polar surface area (TPSA) is 38.3 Å². The third kappa shape index (κ3) is 2.66. The minimum atomic E-state index is -0.457. The molecule has 1 atom stereocenters. The highest BCUT2D eigenvalue weighted by atomic mass is 79.9. The lowest BCUT2D eigenvalue weighted by atomic mass is 10.2. The summed E-state index contributed by atoms with van der Waals surface area (Å²) in [6, 6.07) is 2.99. The number of aryl methyl sites for hydroxylation is 1. The van der Waals surface area contributed by atoms with E-state index in [1.54, 1.807) is 6.07 Å². The van der Waals surface area contributed by atoms with Crippen molar-refractivity contribution in [3.63, 3.8) is 0 Å². The molecule has 0 spiro atoms. The first-order chi connectivity index (χ1) is 8.09. The van der Waals surface area contributed by atoms with E-state index in [1.165, 1.54) is 6.07 Å². The molecule has 0 radical (unpaired) electrons. The zero-order valence-electron chi connectivity index (χ0n) is 9.43. The summed E-state index contributed by atoms with van der Waals surface area (Å²) in [6.07, 6.45) is 1.11. The van der Waals surface area contributed by atoms with Crippen LogP contribution in [0.3, 0.4) is 0 Å². The Balaban J connectivity index is 2.17. The van der Waals surface area contributed by atoms with Crippen molar-refractivity contribution in [3.8, 4) is 0 Å². The molecule has 1 aliphatic heterocycles. The first kappa shape index (κ1) is 12.5. The van der Waals surface area contributed by atoms with Crippen LogP contribution in [0.1, 0.15) is 18.4 Å². The number of benzene rings is 1. The van der Waals surface area contributed by atoms with Crippen LogP contribution in [0.15, 0.2) is 16.6 Å². The van der Waals surface area contributed by atoms with Crippen LogP contribution in [0.25, 0.3) is 0 Å². The number of anilines is 1. The second kappa shape index (κ2) is 5.14. The van der Waals surface area contributed by atoms with Gasteiger partial charge >= 0.3 is 0 Å². The number of rotatable bonds is 2. The number of halogens is 2. The zero-order chi connectivity index (χ0) is 12.4. The Hall–Kier alpha value is -0.940. The van der Waals surface area contributed by atoms with Gasteiger partial charge in [-0.1, -0.05) is 6.07 Å². The summed E-state index contributed by atoms with van der Waals surface area (Å²) in [4.78, 5) is 11.8. The fourth-order valence-corrected chi connectivity index (χ4v) is 2.18. The van der Waals surface area contributed by atoms with Gasteiger partial charge in [0.25, 0.3) is 5.91 Å². The molecule has 1 aromatic carbocycles. The van der Waals surface area contributed by atoms with Gasteiger partial charge in [0.05, 0.1) is 5.69 Å². The summed E-state index contributed by atoms with van der Waals surface area (Å²) in [6.45, 7) is 2.43. The van der Waals surface area contributed by atoms with Crippen LogP contribution in [-0.2, 0) is 9.53 Å². The molecule has 1 aliphatic rings. The van der Waals surface area contributed by atoms with Gasteiger partial charge in [-0.15, -0.1) is 0 Å². The van der Waals surface area contributed by atoms with Crippen molar-refractivity contribution in [1.82, 2.24) is 0 Å². The number of carbonyl (C=O) groups excluding carboxylic acids is 1. The molecule has 5 heteroatoms. The van der Waals surface area contributed by atoms with E-state index < -0.39 is 11.9 Å². The van der Waals surface area contributed by atoms with E-state index in [4.69, 9.17) is 4.74 Å². The molecule has 0 bridgehead atoms. The van der Waals surface area contributed by atoms with Crippen LogP contribution in [-0.4, -0.2) is 18.6 Å². The van der Waals surface area contributed by atoms with Crippen LogP contribution < -0.4 is 5.32 Å². The SMILES string of the molecule is Cc1ccc(F)c(NC(=O)C2CCCO2)c1Br. The molecule has 1 aromatic rings. The summed E-state index contributed by atoms with van der Waals surface area (Å²) in [7, 11) is 0. The number of carbonyl (C=O) groups is 1. The standard InChI is InChI=1S/C12H13BrFNO2/c1-7-4-5-8(14)11(10(7)13)15-12(16)9-3-2-6-17-9/h4-5,9H,2-3,6H2,1H3,(H,15,16). The summed E-state index contributed by atoms with van der Waals surface area (Å²) < 4.78 is 19.4. The first-order valence-corrected chi connectivity index (χ1v) is 6.26. The van der Waals surface area contributed by atoms with Gasteiger partial charge in [0.2, 0.25) is 0 Å². The van der Waals surface area contributed by atoms with Crippen molar-refractivity contribution in [3.05, 3.63) is 28.0 Å². The van der Waals surface area contributed by atoms with Crippen LogP contribution in [0, 0.1) is 12.7 Å². The van der Waals surface area contributed by atoms with Crippen molar-refractivity contribution < 1.29 is 13.9 Å². The normalized spacial score (nSPS) is 19.4. The number of nitrogens with one attached hydrogen (secondary N) is 1. The highest BCUT2D eigenvalue weighted by Crippen LogP contribution is 2.29. The molecule has 2 rings (SSSR count). The Bertz CT molecular complexity index is 444. The van der Waals surface area contributed by atoms with E-state index in [9.17, 15) is 9.18 Å². The number of hydrogen-bond donors (Lipinski definition) is 1. The molecule has 0 aliphatic carbocycles. The van der Waals surface area contributed by atoms with Crippen molar-refractivity contribution in [2.24, 2.45) is 0 Å². The Kier molecular flexibility index (Phi) is 3.79. The molecule has 0 saturated carbocycles. The van der Waals surface area contributed by atoms with E-state index in [0.29, 0.717) is 17.5 Å². The van der Waals surface area contributed by atoms with Gasteiger partial charge in [-0.2, -0.15) is 0 Å². The van der Waals surface area contributed by atoms with Gasteiger partial charge < -0.3 is 10.1 Å². The lowest BCUT2D eigenvalue weighted by Gasteiger charge is -2.13. The second-order valence-corrected chi connectivity index (χ2v) is 4.84. The fraction of sp³-hybridized carbons (Fsp3) is 0.417. The number of ether oxygens (including phenoxy) is 1. The largest absolute Gasteiger partial charge is 0.368 e. The van der Waals surface area contributed by atoms with E-state index >= 15 is 0 Å². The summed E-state index contributed by atoms with van der Waals surface area (Å²) in [5, 5.41) is 2.58. The third-order valence-electron chi connectivity index (χ3n) is 2.75. The maximum Gasteiger partial charge on any atom is 0.253 e. The highest BCUT2D eigenvalue weighted by molar-refractivity contribution is 9.10. The predicted molar refractivity (Wildman–Crippen MR) is 66.4 cm³/mol. The maximum atomic E-state index is 13.6. The summed E-state index contributed by atoms with van der Waals surface area (Å²) >= 11 is 3.27. The molecule has 92 valence electrons. The van der Waals surface area contributed by atoms with Gasteiger partial charge in [0.15, 0.2) is 0 Å².